The summed E-state index contributed by atoms with van der Waals surface area (Å²) in [6.07, 6.45) is 4.02. The highest BCUT2D eigenvalue weighted by molar-refractivity contribution is 6.03. The van der Waals surface area contributed by atoms with E-state index in [-0.39, 0.29) is 0 Å². The van der Waals surface area contributed by atoms with E-state index in [0.717, 1.165) is 18.6 Å². The Hall–Kier alpha value is -3.66. The lowest BCUT2D eigenvalue weighted by molar-refractivity contribution is -0.144. The average molecular weight is 400 g/mol. The number of piperazine rings is 1. The molecule has 3 rings (SSSR count). The molecule has 1 aliphatic heterocycles. The van der Waals surface area contributed by atoms with Gasteiger partial charge in [-0.2, -0.15) is 0 Å². The maximum atomic E-state index is 12.0. The summed E-state index contributed by atoms with van der Waals surface area (Å²) in [5.74, 6) is -2.85. The molecule has 0 aliphatic carbocycles. The highest BCUT2D eigenvalue weighted by atomic mass is 16.4. The predicted octanol–water partition coefficient (Wildman–Crippen LogP) is 0.647. The zero-order chi connectivity index (χ0) is 21.0. The predicted molar refractivity (Wildman–Crippen MR) is 103 cm³/mol. The van der Waals surface area contributed by atoms with Crippen LogP contribution in [0.1, 0.15) is 11.6 Å². The van der Waals surface area contributed by atoms with E-state index < -0.39 is 23.9 Å². The van der Waals surface area contributed by atoms with Crippen molar-refractivity contribution in [3.8, 4) is 0 Å². The number of benzene rings is 1. The van der Waals surface area contributed by atoms with Gasteiger partial charge in [0.2, 0.25) is 12.3 Å². The van der Waals surface area contributed by atoms with Gasteiger partial charge in [0, 0.05) is 66.7 Å². The van der Waals surface area contributed by atoms with Gasteiger partial charge in [-0.1, -0.05) is 0 Å². The highest BCUT2D eigenvalue weighted by Gasteiger charge is 2.32. The summed E-state index contributed by atoms with van der Waals surface area (Å²) in [7, 11) is 0. The van der Waals surface area contributed by atoms with Gasteiger partial charge in [0.15, 0.2) is 0 Å². The molecular formula is C19H20N4O6. The van der Waals surface area contributed by atoms with Crippen LogP contribution in [0.3, 0.4) is 0 Å². The van der Waals surface area contributed by atoms with Crippen molar-refractivity contribution in [3.05, 3.63) is 42.1 Å². The second-order valence-electron chi connectivity index (χ2n) is 6.58. The van der Waals surface area contributed by atoms with Crippen LogP contribution in [0.15, 0.2) is 36.5 Å². The van der Waals surface area contributed by atoms with Gasteiger partial charge < -0.3 is 25.4 Å². The van der Waals surface area contributed by atoms with E-state index in [9.17, 15) is 24.3 Å². The van der Waals surface area contributed by atoms with Crippen molar-refractivity contribution >= 4 is 40.8 Å². The lowest BCUT2D eigenvalue weighted by Gasteiger charge is -2.36. The lowest BCUT2D eigenvalue weighted by Crippen LogP contribution is -2.48. The minimum absolute atomic E-state index is 0.410. The van der Waals surface area contributed by atoms with Gasteiger partial charge in [0.1, 0.15) is 6.04 Å². The Morgan fingerprint density at radius 2 is 1.83 bits per heavy atom. The number of H-pyrrole nitrogens is 1. The summed E-state index contributed by atoms with van der Waals surface area (Å²) in [5, 5.41) is 21.6. The van der Waals surface area contributed by atoms with Gasteiger partial charge >= 0.3 is 11.9 Å². The fourth-order valence-electron chi connectivity index (χ4n) is 3.36. The first-order valence-electron chi connectivity index (χ1n) is 8.88. The Morgan fingerprint density at radius 3 is 2.45 bits per heavy atom. The summed E-state index contributed by atoms with van der Waals surface area (Å²) in [5.41, 5.74) is 1.66. The van der Waals surface area contributed by atoms with E-state index in [1.165, 1.54) is 0 Å². The second kappa shape index (κ2) is 8.57. The number of rotatable bonds is 7. The number of hydrogen-bond acceptors (Lipinski definition) is 5. The molecule has 1 fully saturated rings. The molecule has 1 aromatic carbocycles. The molecule has 2 aromatic rings. The molecule has 29 heavy (non-hydrogen) atoms. The normalized spacial score (nSPS) is 16.1. The number of carbonyl (C=O) groups excluding carboxylic acids is 2. The average Bonchev–Trinajstić information content (AvgIpc) is 3.10. The molecule has 0 unspecified atom stereocenters. The van der Waals surface area contributed by atoms with Gasteiger partial charge in [0.05, 0.1) is 0 Å². The van der Waals surface area contributed by atoms with E-state index >= 15 is 0 Å². The molecular weight excluding hydrogens is 380 g/mol. The van der Waals surface area contributed by atoms with Crippen LogP contribution in [-0.2, 0) is 19.2 Å². The first-order chi connectivity index (χ1) is 13.9. The standard InChI is InChI=1S/C19H20N4O6/c24-11-22-5-7-23(8-6-22)18(19(28)29)14-10-20-15-2-1-12(9-13(14)15)21-16(25)3-4-17(26)27/h1-4,9-11,18,20H,5-8H2,(H,21,25)(H,26,27)(H,28,29)/b4-3+/t18-/m1/s1. The number of carbonyl (C=O) groups is 4. The number of nitrogens with zero attached hydrogens (tertiary/aromatic N) is 2. The van der Waals surface area contributed by atoms with Gasteiger partial charge in [-0.3, -0.25) is 19.3 Å². The van der Waals surface area contributed by atoms with Crippen molar-refractivity contribution in [3.63, 3.8) is 0 Å². The molecule has 1 aromatic heterocycles. The number of fused-ring (bicyclic) bond motifs is 1. The molecule has 0 spiro atoms. The minimum Gasteiger partial charge on any atom is -0.480 e. The Kier molecular flexibility index (Phi) is 5.93. The number of amides is 2. The third-order valence-electron chi connectivity index (χ3n) is 4.75. The number of anilines is 1. The number of carboxylic acid groups (broad SMARTS) is 2. The molecule has 10 heteroatoms. The largest absolute Gasteiger partial charge is 0.480 e. The zero-order valence-corrected chi connectivity index (χ0v) is 15.4. The number of aromatic nitrogens is 1. The van der Waals surface area contributed by atoms with E-state index in [1.807, 2.05) is 0 Å². The summed E-state index contributed by atoms with van der Waals surface area (Å²) in [6, 6.07) is 4.08. The Morgan fingerprint density at radius 1 is 1.10 bits per heavy atom. The first-order valence-corrected chi connectivity index (χ1v) is 8.88. The van der Waals surface area contributed by atoms with Crippen molar-refractivity contribution in [2.45, 2.75) is 6.04 Å². The third-order valence-corrected chi connectivity index (χ3v) is 4.75. The van der Waals surface area contributed by atoms with Crippen LogP contribution in [0.4, 0.5) is 5.69 Å². The molecule has 1 saturated heterocycles. The lowest BCUT2D eigenvalue weighted by atomic mass is 10.0. The van der Waals surface area contributed by atoms with Crippen LogP contribution in [0.5, 0.6) is 0 Å². The Labute approximate surface area is 165 Å². The van der Waals surface area contributed by atoms with E-state index in [4.69, 9.17) is 5.11 Å². The van der Waals surface area contributed by atoms with Crippen LogP contribution in [0.2, 0.25) is 0 Å². The fraction of sp³-hybridized carbons (Fsp3) is 0.263. The van der Waals surface area contributed by atoms with Crippen molar-refractivity contribution in [2.24, 2.45) is 0 Å². The summed E-state index contributed by atoms with van der Waals surface area (Å²) < 4.78 is 0. The van der Waals surface area contributed by atoms with Crippen LogP contribution in [0.25, 0.3) is 10.9 Å². The summed E-state index contributed by atoms with van der Waals surface area (Å²) in [6.45, 7) is 1.76. The van der Waals surface area contributed by atoms with Gasteiger partial charge in [-0.15, -0.1) is 0 Å². The van der Waals surface area contributed by atoms with E-state index in [0.29, 0.717) is 48.3 Å². The summed E-state index contributed by atoms with van der Waals surface area (Å²) in [4.78, 5) is 51.7. The molecule has 1 atom stereocenters. The Balaban J connectivity index is 1.87. The first kappa shape index (κ1) is 20.1. The van der Waals surface area contributed by atoms with Gasteiger partial charge in [0.25, 0.3) is 0 Å². The highest BCUT2D eigenvalue weighted by Crippen LogP contribution is 2.31. The van der Waals surface area contributed by atoms with E-state index in [1.54, 1.807) is 34.2 Å². The number of aliphatic carboxylic acids is 2. The minimum atomic E-state index is -1.23. The van der Waals surface area contributed by atoms with E-state index in [2.05, 4.69) is 10.3 Å². The van der Waals surface area contributed by atoms with Crippen molar-refractivity contribution in [2.75, 3.05) is 31.5 Å². The van der Waals surface area contributed by atoms with Crippen molar-refractivity contribution in [1.82, 2.24) is 14.8 Å². The van der Waals surface area contributed by atoms with Crippen LogP contribution in [-0.4, -0.2) is 75.4 Å². The second-order valence-corrected chi connectivity index (χ2v) is 6.58. The molecule has 0 radical (unpaired) electrons. The monoisotopic (exact) mass is 400 g/mol. The molecule has 10 nitrogen and oxygen atoms in total. The van der Waals surface area contributed by atoms with Crippen molar-refractivity contribution in [1.29, 1.82) is 0 Å². The summed E-state index contributed by atoms with van der Waals surface area (Å²) >= 11 is 0. The van der Waals surface area contributed by atoms with Gasteiger partial charge in [-0.25, -0.2) is 4.79 Å². The van der Waals surface area contributed by atoms with Gasteiger partial charge in [-0.05, 0) is 18.2 Å². The zero-order valence-electron chi connectivity index (χ0n) is 15.4. The maximum absolute atomic E-state index is 12.0. The molecule has 2 heterocycles. The quantitative estimate of drug-likeness (QED) is 0.395. The molecule has 0 saturated carbocycles. The molecule has 2 amide bonds. The number of carboxylic acids is 2. The third kappa shape index (κ3) is 4.61. The SMILES string of the molecule is O=CN1CCN([C@@H](C(=O)O)c2c[nH]c3ccc(NC(=O)/C=C/C(=O)O)cc23)CC1. The number of nitrogens with one attached hydrogen (secondary N) is 2. The molecule has 4 N–H and O–H groups in total. The molecule has 152 valence electrons. The van der Waals surface area contributed by atoms with Crippen LogP contribution in [0, 0.1) is 0 Å². The fourth-order valence-corrected chi connectivity index (χ4v) is 3.36. The smallest absolute Gasteiger partial charge is 0.328 e. The van der Waals surface area contributed by atoms with Crippen LogP contribution >= 0.6 is 0 Å². The molecule has 1 aliphatic rings. The van der Waals surface area contributed by atoms with Crippen molar-refractivity contribution < 1.29 is 29.4 Å². The Bertz CT molecular complexity index is 974. The maximum Gasteiger partial charge on any atom is 0.328 e. The number of aromatic amines is 1. The topological polar surface area (TPSA) is 143 Å². The molecule has 0 bridgehead atoms. The number of hydrogen-bond donors (Lipinski definition) is 4. The van der Waals surface area contributed by atoms with Crippen LogP contribution < -0.4 is 5.32 Å².